The minimum Gasteiger partial charge on any atom is -0.493 e. The first-order valence-corrected chi connectivity index (χ1v) is 12.7. The lowest BCUT2D eigenvalue weighted by Crippen LogP contribution is -2.25. The molecule has 0 spiro atoms. The van der Waals surface area contributed by atoms with Gasteiger partial charge in [-0.1, -0.05) is 28.9 Å². The van der Waals surface area contributed by atoms with Crippen molar-refractivity contribution in [3.8, 4) is 17.2 Å². The van der Waals surface area contributed by atoms with Gasteiger partial charge >= 0.3 is 0 Å². The maximum atomic E-state index is 12.8. The molecule has 1 aliphatic rings. The van der Waals surface area contributed by atoms with Gasteiger partial charge in [-0.15, -0.1) is 0 Å². The Kier molecular flexibility index (Phi) is 7.29. The van der Waals surface area contributed by atoms with Crippen molar-refractivity contribution in [3.05, 3.63) is 59.2 Å². The van der Waals surface area contributed by atoms with Gasteiger partial charge in [0.25, 0.3) is 0 Å². The van der Waals surface area contributed by atoms with Crippen LogP contribution in [0.4, 0.5) is 0 Å². The molecule has 1 fully saturated rings. The van der Waals surface area contributed by atoms with Gasteiger partial charge in [0.15, 0.2) is 27.2 Å². The van der Waals surface area contributed by atoms with E-state index in [0.29, 0.717) is 36.8 Å². The number of β-amino-alcohol motifs (C(OH)–C–C–N with tert-alkyl or cyclic N) is 1. The van der Waals surface area contributed by atoms with Gasteiger partial charge < -0.3 is 23.8 Å². The molecular weight excluding hydrogens is 474 g/mol. The van der Waals surface area contributed by atoms with E-state index in [1.54, 1.807) is 44.6 Å². The van der Waals surface area contributed by atoms with Crippen molar-refractivity contribution in [2.75, 3.05) is 27.9 Å². The van der Waals surface area contributed by atoms with E-state index in [1.165, 1.54) is 7.11 Å². The van der Waals surface area contributed by atoms with E-state index in [4.69, 9.17) is 18.7 Å². The maximum absolute atomic E-state index is 12.8. The first kappa shape index (κ1) is 25.0. The topological polar surface area (TPSA) is 124 Å². The van der Waals surface area contributed by atoms with Crippen molar-refractivity contribution in [3.63, 3.8) is 0 Å². The Morgan fingerprint density at radius 2 is 1.77 bits per heavy atom. The molecule has 4 rings (SSSR count). The summed E-state index contributed by atoms with van der Waals surface area (Å²) in [6, 6.07) is 9.90. The predicted octanol–water partition coefficient (Wildman–Crippen LogP) is 2.69. The van der Waals surface area contributed by atoms with Gasteiger partial charge in [0.2, 0.25) is 11.6 Å². The molecular formula is C24H29N3O7S. The van der Waals surface area contributed by atoms with Crippen molar-refractivity contribution in [2.45, 2.75) is 42.7 Å². The molecule has 3 aromatic rings. The summed E-state index contributed by atoms with van der Waals surface area (Å²) in [5, 5.41) is 14.3. The Bertz CT molecular complexity index is 1270. The second kappa shape index (κ2) is 10.2. The summed E-state index contributed by atoms with van der Waals surface area (Å²) in [4.78, 5) is 6.55. The Balaban J connectivity index is 1.55. The molecule has 2 aromatic carbocycles. The number of aliphatic hydroxyl groups excluding tert-OH is 1. The van der Waals surface area contributed by atoms with Crippen LogP contribution in [0.2, 0.25) is 0 Å². The van der Waals surface area contributed by atoms with E-state index in [2.05, 4.69) is 10.1 Å². The van der Waals surface area contributed by atoms with E-state index in [0.717, 1.165) is 11.1 Å². The van der Waals surface area contributed by atoms with E-state index >= 15 is 0 Å². The summed E-state index contributed by atoms with van der Waals surface area (Å²) in [6.45, 7) is 2.67. The third-order valence-corrected chi connectivity index (χ3v) is 7.64. The third kappa shape index (κ3) is 5.26. The van der Waals surface area contributed by atoms with Gasteiger partial charge in [-0.3, -0.25) is 4.90 Å². The summed E-state index contributed by atoms with van der Waals surface area (Å²) in [5.74, 6) is 1.51. The van der Waals surface area contributed by atoms with Crippen molar-refractivity contribution < 1.29 is 32.3 Å². The summed E-state index contributed by atoms with van der Waals surface area (Å²) in [7, 11) is 1.02. The number of benzene rings is 2. The highest BCUT2D eigenvalue weighted by Crippen LogP contribution is 2.42. The fraction of sp³-hybridized carbons (Fsp3) is 0.417. The van der Waals surface area contributed by atoms with E-state index in [9.17, 15) is 13.5 Å². The van der Waals surface area contributed by atoms with Crippen LogP contribution in [0.1, 0.15) is 35.3 Å². The van der Waals surface area contributed by atoms with Gasteiger partial charge in [-0.2, -0.15) is 4.98 Å². The second-order valence-corrected chi connectivity index (χ2v) is 10.4. The van der Waals surface area contributed by atoms with Crippen LogP contribution in [0, 0.1) is 6.92 Å². The van der Waals surface area contributed by atoms with E-state index in [-0.39, 0.29) is 28.4 Å². The highest BCUT2D eigenvalue weighted by molar-refractivity contribution is 7.90. The number of aryl methyl sites for hydroxylation is 1. The molecule has 2 heterocycles. The average molecular weight is 504 g/mol. The van der Waals surface area contributed by atoms with Crippen LogP contribution < -0.4 is 14.2 Å². The molecule has 0 radical (unpaired) electrons. The highest BCUT2D eigenvalue weighted by atomic mass is 32.2. The van der Waals surface area contributed by atoms with Crippen molar-refractivity contribution in [2.24, 2.45) is 0 Å². The monoisotopic (exact) mass is 503 g/mol. The zero-order chi connectivity index (χ0) is 25.2. The van der Waals surface area contributed by atoms with Crippen molar-refractivity contribution in [1.29, 1.82) is 0 Å². The maximum Gasteiger partial charge on any atom is 0.244 e. The SMILES string of the molecule is COc1ccc(CN2C[C@H](O)C[C@H]2c2nc(CS(=O)(=O)c3ccc(C)cc3)no2)c(OC)c1OC. The number of nitrogens with zero attached hydrogens (tertiary/aromatic N) is 3. The molecule has 188 valence electrons. The van der Waals surface area contributed by atoms with Crippen LogP contribution >= 0.6 is 0 Å². The number of methoxy groups -OCH3 is 3. The number of likely N-dealkylation sites (tertiary alicyclic amines) is 1. The number of hydrogen-bond acceptors (Lipinski definition) is 10. The van der Waals surface area contributed by atoms with Gasteiger partial charge in [-0.25, -0.2) is 8.42 Å². The van der Waals surface area contributed by atoms with Crippen LogP contribution in [0.5, 0.6) is 17.2 Å². The highest BCUT2D eigenvalue weighted by Gasteiger charge is 2.37. The molecule has 0 amide bonds. The lowest BCUT2D eigenvalue weighted by Gasteiger charge is -2.23. The molecule has 0 aliphatic carbocycles. The Labute approximate surface area is 204 Å². The minimum atomic E-state index is -3.63. The average Bonchev–Trinajstić information content (AvgIpc) is 3.44. The number of aliphatic hydroxyl groups is 1. The summed E-state index contributed by atoms with van der Waals surface area (Å²) < 4.78 is 47.4. The fourth-order valence-electron chi connectivity index (χ4n) is 4.28. The normalized spacial score (nSPS) is 18.5. The summed E-state index contributed by atoms with van der Waals surface area (Å²) in [5.41, 5.74) is 1.79. The number of hydrogen-bond donors (Lipinski definition) is 1. The van der Waals surface area contributed by atoms with Crippen molar-refractivity contribution in [1.82, 2.24) is 15.0 Å². The number of rotatable bonds is 9. The van der Waals surface area contributed by atoms with Crippen LogP contribution in [-0.2, 0) is 22.1 Å². The molecule has 0 saturated carbocycles. The molecule has 11 heteroatoms. The molecule has 1 aromatic heterocycles. The van der Waals surface area contributed by atoms with Crippen LogP contribution in [0.3, 0.4) is 0 Å². The molecule has 2 atom stereocenters. The molecule has 35 heavy (non-hydrogen) atoms. The smallest absolute Gasteiger partial charge is 0.244 e. The van der Waals surface area contributed by atoms with Crippen LogP contribution in [0.25, 0.3) is 0 Å². The van der Waals surface area contributed by atoms with Crippen LogP contribution in [0.15, 0.2) is 45.8 Å². The molecule has 0 unspecified atom stereocenters. The van der Waals surface area contributed by atoms with Gasteiger partial charge in [0.1, 0.15) is 5.75 Å². The van der Waals surface area contributed by atoms with E-state index in [1.807, 2.05) is 17.9 Å². The molecule has 0 bridgehead atoms. The second-order valence-electron chi connectivity index (χ2n) is 8.45. The lowest BCUT2D eigenvalue weighted by molar-refractivity contribution is 0.168. The van der Waals surface area contributed by atoms with Gasteiger partial charge in [0.05, 0.1) is 38.4 Å². The summed E-state index contributed by atoms with van der Waals surface area (Å²) >= 11 is 0. The first-order chi connectivity index (χ1) is 16.7. The first-order valence-electron chi connectivity index (χ1n) is 11.1. The largest absolute Gasteiger partial charge is 0.493 e. The van der Waals surface area contributed by atoms with Crippen molar-refractivity contribution >= 4 is 9.84 Å². The minimum absolute atomic E-state index is 0.0746. The van der Waals surface area contributed by atoms with E-state index < -0.39 is 15.9 Å². The number of aromatic nitrogens is 2. The lowest BCUT2D eigenvalue weighted by atomic mass is 10.1. The Morgan fingerprint density at radius 3 is 2.43 bits per heavy atom. The fourth-order valence-corrected chi connectivity index (χ4v) is 5.45. The summed E-state index contributed by atoms with van der Waals surface area (Å²) in [6.07, 6.45) is -0.222. The number of ether oxygens (including phenoxy) is 3. The van der Waals surface area contributed by atoms with Gasteiger partial charge in [-0.05, 0) is 31.5 Å². The quantitative estimate of drug-likeness (QED) is 0.466. The Hall–Kier alpha value is -3.15. The standard InChI is InChI=1S/C24H29N3O7S/c1-15-5-8-18(9-6-15)35(29,30)14-21-25-24(34-26-21)19-11-17(28)13-27(19)12-16-7-10-20(31-2)23(33-4)22(16)32-3/h5-10,17,19,28H,11-14H2,1-4H3/t17-,19+/m1/s1. The van der Waals surface area contributed by atoms with Gasteiger partial charge in [0, 0.05) is 18.7 Å². The third-order valence-electron chi connectivity index (χ3n) is 6.01. The zero-order valence-corrected chi connectivity index (χ0v) is 20.9. The molecule has 1 aliphatic heterocycles. The molecule has 1 N–H and O–H groups in total. The Morgan fingerprint density at radius 1 is 1.06 bits per heavy atom. The molecule has 10 nitrogen and oxygen atoms in total. The van der Waals surface area contributed by atoms with Crippen LogP contribution in [-0.4, -0.2) is 62.5 Å². The molecule has 1 saturated heterocycles. The zero-order valence-electron chi connectivity index (χ0n) is 20.1. The number of sulfone groups is 1. The predicted molar refractivity (Wildman–Crippen MR) is 126 cm³/mol.